The molecule has 2 aromatic rings. The lowest BCUT2D eigenvalue weighted by molar-refractivity contribution is 0.102. The highest BCUT2D eigenvalue weighted by Gasteiger charge is 2.17. The van der Waals surface area contributed by atoms with Gasteiger partial charge in [-0.05, 0) is 50.2 Å². The first-order valence-corrected chi connectivity index (χ1v) is 8.57. The summed E-state index contributed by atoms with van der Waals surface area (Å²) in [6, 6.07) is 7.97. The summed E-state index contributed by atoms with van der Waals surface area (Å²) in [5.74, 6) is -2.55. The molecule has 0 heterocycles. The van der Waals surface area contributed by atoms with Crippen LogP contribution in [0.15, 0.2) is 47.4 Å². The van der Waals surface area contributed by atoms with E-state index in [0.29, 0.717) is 0 Å². The topological polar surface area (TPSA) is 75.3 Å². The van der Waals surface area contributed by atoms with Crippen molar-refractivity contribution in [3.8, 4) is 0 Å². The van der Waals surface area contributed by atoms with Gasteiger partial charge in [0.05, 0.1) is 4.90 Å². The fourth-order valence-corrected chi connectivity index (χ4v) is 3.22. The standard InChI is InChI=1S/C16H16F2N2O3S/c1-10(2)20-24(22,23)12-8-6-11(7-9-12)16(21)19-15-13(17)4-3-5-14(15)18/h3-10,20H,1-2H3,(H,19,21). The number of anilines is 1. The molecule has 0 saturated heterocycles. The maximum Gasteiger partial charge on any atom is 0.255 e. The Morgan fingerprint density at radius 1 is 1.00 bits per heavy atom. The highest BCUT2D eigenvalue weighted by Crippen LogP contribution is 2.19. The molecule has 0 aliphatic heterocycles. The molecule has 2 rings (SSSR count). The molecule has 0 radical (unpaired) electrons. The van der Waals surface area contributed by atoms with Gasteiger partial charge in [-0.25, -0.2) is 21.9 Å². The predicted molar refractivity (Wildman–Crippen MR) is 86.2 cm³/mol. The summed E-state index contributed by atoms with van der Waals surface area (Å²) in [5, 5.41) is 2.13. The van der Waals surface area contributed by atoms with E-state index in [1.165, 1.54) is 30.3 Å². The van der Waals surface area contributed by atoms with Crippen LogP contribution in [0.4, 0.5) is 14.5 Å². The first-order chi connectivity index (χ1) is 11.2. The molecule has 0 spiro atoms. The van der Waals surface area contributed by atoms with Crippen molar-refractivity contribution in [2.45, 2.75) is 24.8 Å². The molecule has 0 atom stereocenters. The normalized spacial score (nSPS) is 11.5. The molecular formula is C16H16F2N2O3S. The average Bonchev–Trinajstić information content (AvgIpc) is 2.50. The zero-order valence-corrected chi connectivity index (χ0v) is 13.8. The number of para-hydroxylation sites is 1. The van der Waals surface area contributed by atoms with Gasteiger partial charge in [-0.3, -0.25) is 4.79 Å². The van der Waals surface area contributed by atoms with Gasteiger partial charge in [0, 0.05) is 11.6 Å². The largest absolute Gasteiger partial charge is 0.317 e. The molecule has 0 saturated carbocycles. The van der Waals surface area contributed by atoms with Crippen LogP contribution in [0.3, 0.4) is 0 Å². The number of halogens is 2. The average molecular weight is 354 g/mol. The van der Waals surface area contributed by atoms with Crippen molar-refractivity contribution in [3.05, 3.63) is 59.7 Å². The number of hydrogen-bond donors (Lipinski definition) is 2. The highest BCUT2D eigenvalue weighted by atomic mass is 32.2. The van der Waals surface area contributed by atoms with Crippen LogP contribution in [0.25, 0.3) is 0 Å². The molecule has 0 fully saturated rings. The Hall–Kier alpha value is -2.32. The third kappa shape index (κ3) is 4.15. The number of carbonyl (C=O) groups is 1. The van der Waals surface area contributed by atoms with Crippen molar-refractivity contribution in [1.29, 1.82) is 0 Å². The van der Waals surface area contributed by atoms with Gasteiger partial charge in [0.2, 0.25) is 10.0 Å². The SMILES string of the molecule is CC(C)NS(=O)(=O)c1ccc(C(=O)Nc2c(F)cccc2F)cc1. The Balaban J connectivity index is 2.20. The molecule has 0 aromatic heterocycles. The molecule has 0 unspecified atom stereocenters. The first kappa shape index (κ1) is 18.0. The van der Waals surface area contributed by atoms with Gasteiger partial charge in [-0.2, -0.15) is 0 Å². The van der Waals surface area contributed by atoms with Crippen LogP contribution in [0.5, 0.6) is 0 Å². The van der Waals surface area contributed by atoms with E-state index in [4.69, 9.17) is 0 Å². The zero-order chi connectivity index (χ0) is 17.9. The van der Waals surface area contributed by atoms with Crippen LogP contribution in [-0.2, 0) is 10.0 Å². The second-order valence-electron chi connectivity index (χ2n) is 5.35. The number of carbonyl (C=O) groups excluding carboxylic acids is 1. The molecule has 1 amide bonds. The van der Waals surface area contributed by atoms with Crippen molar-refractivity contribution in [2.24, 2.45) is 0 Å². The van der Waals surface area contributed by atoms with Crippen molar-refractivity contribution in [2.75, 3.05) is 5.32 Å². The maximum atomic E-state index is 13.5. The zero-order valence-electron chi connectivity index (χ0n) is 13.0. The van der Waals surface area contributed by atoms with E-state index in [-0.39, 0.29) is 16.5 Å². The van der Waals surface area contributed by atoms with Crippen molar-refractivity contribution in [3.63, 3.8) is 0 Å². The lowest BCUT2D eigenvalue weighted by Gasteiger charge is -2.10. The van der Waals surface area contributed by atoms with E-state index >= 15 is 0 Å². The minimum atomic E-state index is -3.68. The number of sulfonamides is 1. The molecule has 0 aliphatic carbocycles. The summed E-state index contributed by atoms with van der Waals surface area (Å²) in [6.45, 7) is 3.37. The number of hydrogen-bond acceptors (Lipinski definition) is 3. The Morgan fingerprint density at radius 2 is 1.54 bits per heavy atom. The summed E-state index contributed by atoms with van der Waals surface area (Å²) in [6.07, 6.45) is 0. The van der Waals surface area contributed by atoms with Gasteiger partial charge in [0.25, 0.3) is 5.91 Å². The highest BCUT2D eigenvalue weighted by molar-refractivity contribution is 7.89. The summed E-state index contributed by atoms with van der Waals surface area (Å²) >= 11 is 0. The van der Waals surface area contributed by atoms with Gasteiger partial charge in [-0.15, -0.1) is 0 Å². The summed E-state index contributed by atoms with van der Waals surface area (Å²) in [4.78, 5) is 12.0. The molecule has 2 aromatic carbocycles. The first-order valence-electron chi connectivity index (χ1n) is 7.08. The summed E-state index contributed by atoms with van der Waals surface area (Å²) in [5.41, 5.74) is -0.484. The van der Waals surface area contributed by atoms with E-state index in [0.717, 1.165) is 12.1 Å². The van der Waals surface area contributed by atoms with Crippen LogP contribution in [0.1, 0.15) is 24.2 Å². The molecule has 0 bridgehead atoms. The monoisotopic (exact) mass is 354 g/mol. The minimum absolute atomic E-state index is 0.00942. The van der Waals surface area contributed by atoms with E-state index < -0.39 is 33.3 Å². The molecule has 8 heteroatoms. The minimum Gasteiger partial charge on any atom is -0.317 e. The van der Waals surface area contributed by atoms with Gasteiger partial charge in [0.15, 0.2) is 0 Å². The quantitative estimate of drug-likeness (QED) is 0.867. The second-order valence-corrected chi connectivity index (χ2v) is 7.07. The van der Waals surface area contributed by atoms with Crippen LogP contribution < -0.4 is 10.0 Å². The van der Waals surface area contributed by atoms with Crippen LogP contribution >= 0.6 is 0 Å². The van der Waals surface area contributed by atoms with Crippen molar-refractivity contribution < 1.29 is 22.0 Å². The van der Waals surface area contributed by atoms with Crippen molar-refractivity contribution in [1.82, 2.24) is 4.72 Å². The third-order valence-electron chi connectivity index (χ3n) is 3.02. The maximum absolute atomic E-state index is 13.5. The molecule has 2 N–H and O–H groups in total. The van der Waals surface area contributed by atoms with E-state index in [2.05, 4.69) is 10.0 Å². The Labute approximate surface area is 138 Å². The summed E-state index contributed by atoms with van der Waals surface area (Å²) < 4.78 is 53.4. The van der Waals surface area contributed by atoms with Crippen LogP contribution in [-0.4, -0.2) is 20.4 Å². The molecule has 128 valence electrons. The van der Waals surface area contributed by atoms with Gasteiger partial charge < -0.3 is 5.32 Å². The van der Waals surface area contributed by atoms with Crippen LogP contribution in [0.2, 0.25) is 0 Å². The predicted octanol–water partition coefficient (Wildman–Crippen LogP) is 2.90. The summed E-state index contributed by atoms with van der Waals surface area (Å²) in [7, 11) is -3.68. The van der Waals surface area contributed by atoms with Gasteiger partial charge >= 0.3 is 0 Å². The molecule has 5 nitrogen and oxygen atoms in total. The molecular weight excluding hydrogens is 338 g/mol. The Morgan fingerprint density at radius 3 is 2.04 bits per heavy atom. The number of amides is 1. The van der Waals surface area contributed by atoms with Gasteiger partial charge in [-0.1, -0.05) is 6.07 Å². The molecule has 0 aliphatic rings. The lowest BCUT2D eigenvalue weighted by atomic mass is 10.2. The number of rotatable bonds is 5. The number of nitrogens with one attached hydrogen (secondary N) is 2. The fraction of sp³-hybridized carbons (Fsp3) is 0.188. The van der Waals surface area contributed by atoms with Gasteiger partial charge in [0.1, 0.15) is 17.3 Å². The third-order valence-corrected chi connectivity index (χ3v) is 4.69. The lowest BCUT2D eigenvalue weighted by Crippen LogP contribution is -2.30. The van der Waals surface area contributed by atoms with E-state index in [1.54, 1.807) is 13.8 Å². The fourth-order valence-electron chi connectivity index (χ4n) is 1.97. The van der Waals surface area contributed by atoms with E-state index in [9.17, 15) is 22.0 Å². The Kier molecular flexibility index (Phi) is 5.30. The van der Waals surface area contributed by atoms with Crippen LogP contribution in [0, 0.1) is 11.6 Å². The van der Waals surface area contributed by atoms with E-state index in [1.807, 2.05) is 0 Å². The smallest absolute Gasteiger partial charge is 0.255 e. The Bertz CT molecular complexity index is 830. The van der Waals surface area contributed by atoms with Crippen molar-refractivity contribution >= 4 is 21.6 Å². The number of benzene rings is 2. The molecule has 24 heavy (non-hydrogen) atoms. The second kappa shape index (κ2) is 7.06.